The molecular weight excluding hydrogens is 272 g/mol. The summed E-state index contributed by atoms with van der Waals surface area (Å²) in [5.41, 5.74) is -0.00355. The number of aliphatic carboxylic acids is 1. The molecule has 0 aliphatic rings. The number of carbonyl (C=O) groups excluding carboxylic acids is 2. The first kappa shape index (κ1) is 15.6. The van der Waals surface area contributed by atoms with Crippen LogP contribution in [0.2, 0.25) is 0 Å². The molecule has 8 heteroatoms. The normalized spacial score (nSPS) is 13.2. The predicted octanol–water partition coefficient (Wildman–Crippen LogP) is -0.815. The summed E-state index contributed by atoms with van der Waals surface area (Å²) in [6.45, 7) is 0. The molecule has 1 aromatic rings. The van der Waals surface area contributed by atoms with E-state index in [2.05, 4.69) is 4.74 Å². The summed E-state index contributed by atoms with van der Waals surface area (Å²) in [4.78, 5) is 33.1. The van der Waals surface area contributed by atoms with Crippen molar-refractivity contribution >= 4 is 17.9 Å². The average molecular weight is 284 g/mol. The highest BCUT2D eigenvalue weighted by Gasteiger charge is 2.32. The third-order valence-corrected chi connectivity index (χ3v) is 2.31. The van der Waals surface area contributed by atoms with Crippen LogP contribution in [0.3, 0.4) is 0 Å². The van der Waals surface area contributed by atoms with E-state index in [1.165, 1.54) is 31.4 Å². The first-order valence-electron chi connectivity index (χ1n) is 5.36. The van der Waals surface area contributed by atoms with Crippen LogP contribution in [0.4, 0.5) is 0 Å². The molecule has 0 heterocycles. The lowest BCUT2D eigenvalue weighted by atomic mass is 10.2. The number of hydrogen-bond acceptors (Lipinski definition) is 7. The van der Waals surface area contributed by atoms with Gasteiger partial charge < -0.3 is 24.8 Å². The van der Waals surface area contributed by atoms with Gasteiger partial charge in [0, 0.05) is 0 Å². The van der Waals surface area contributed by atoms with Gasteiger partial charge >= 0.3 is 17.9 Å². The minimum Gasteiger partial charge on any atom is -0.497 e. The quantitative estimate of drug-likeness (QED) is 0.472. The van der Waals surface area contributed by atoms with Crippen molar-refractivity contribution in [3.05, 3.63) is 29.8 Å². The van der Waals surface area contributed by atoms with Gasteiger partial charge in [0.2, 0.25) is 0 Å². The summed E-state index contributed by atoms with van der Waals surface area (Å²) in [5, 5.41) is 26.5. The van der Waals surface area contributed by atoms with Crippen LogP contribution in [0.1, 0.15) is 10.4 Å². The molecule has 20 heavy (non-hydrogen) atoms. The highest BCUT2D eigenvalue weighted by molar-refractivity contribution is 5.99. The zero-order chi connectivity index (χ0) is 15.3. The minimum absolute atomic E-state index is 0.00355. The number of aliphatic hydroxyl groups excluding tert-OH is 2. The largest absolute Gasteiger partial charge is 0.497 e. The number of carboxylic acids is 1. The molecular formula is C12H12O8. The van der Waals surface area contributed by atoms with Crippen molar-refractivity contribution in [2.75, 3.05) is 7.11 Å². The van der Waals surface area contributed by atoms with Gasteiger partial charge in [0.1, 0.15) is 5.75 Å². The van der Waals surface area contributed by atoms with Gasteiger partial charge in [-0.3, -0.25) is 0 Å². The van der Waals surface area contributed by atoms with Crippen LogP contribution in [-0.4, -0.2) is 52.5 Å². The van der Waals surface area contributed by atoms with Crippen molar-refractivity contribution in [2.24, 2.45) is 0 Å². The molecule has 0 aliphatic heterocycles. The maximum Gasteiger partial charge on any atom is 0.346 e. The zero-order valence-electron chi connectivity index (χ0n) is 10.3. The fourth-order valence-electron chi connectivity index (χ4n) is 1.20. The Bertz CT molecular complexity index is 507. The lowest BCUT2D eigenvalue weighted by Gasteiger charge is -2.12. The second kappa shape index (κ2) is 6.64. The summed E-state index contributed by atoms with van der Waals surface area (Å²) in [6, 6.07) is 5.52. The fourth-order valence-corrected chi connectivity index (χ4v) is 1.20. The summed E-state index contributed by atoms with van der Waals surface area (Å²) >= 11 is 0. The lowest BCUT2D eigenvalue weighted by molar-refractivity contribution is -0.166. The molecule has 1 aromatic carbocycles. The van der Waals surface area contributed by atoms with E-state index in [4.69, 9.17) is 20.1 Å². The van der Waals surface area contributed by atoms with Crippen LogP contribution in [0, 0.1) is 0 Å². The first-order valence-corrected chi connectivity index (χ1v) is 5.36. The monoisotopic (exact) mass is 284 g/mol. The molecule has 0 bridgehead atoms. The van der Waals surface area contributed by atoms with Crippen molar-refractivity contribution in [2.45, 2.75) is 12.2 Å². The van der Waals surface area contributed by atoms with Gasteiger partial charge in [0.25, 0.3) is 0 Å². The van der Waals surface area contributed by atoms with Crippen molar-refractivity contribution in [3.63, 3.8) is 0 Å². The Morgan fingerprint density at radius 2 is 1.60 bits per heavy atom. The van der Waals surface area contributed by atoms with Crippen LogP contribution in [-0.2, 0) is 14.3 Å². The standard InChI is InChI=1S/C12H12O8/c1-19-7-4-2-6(3-5-7)11(17)20-12(18)9(14)8(13)10(15)16/h2-5,8-9,13-14H,1H3,(H,15,16)/t8-,9-/m0/s1. The number of hydrogen-bond donors (Lipinski definition) is 3. The second-order valence-electron chi connectivity index (χ2n) is 3.66. The number of aliphatic hydroxyl groups is 2. The smallest absolute Gasteiger partial charge is 0.346 e. The Morgan fingerprint density at radius 1 is 1.05 bits per heavy atom. The number of methoxy groups -OCH3 is 1. The maximum atomic E-state index is 11.5. The number of ether oxygens (including phenoxy) is 2. The molecule has 0 unspecified atom stereocenters. The van der Waals surface area contributed by atoms with Crippen LogP contribution in [0.15, 0.2) is 24.3 Å². The van der Waals surface area contributed by atoms with Gasteiger partial charge in [-0.2, -0.15) is 0 Å². The molecule has 1 rings (SSSR count). The Morgan fingerprint density at radius 3 is 2.05 bits per heavy atom. The van der Waals surface area contributed by atoms with Crippen LogP contribution in [0.25, 0.3) is 0 Å². The minimum atomic E-state index is -2.37. The Kier molecular flexibility index (Phi) is 5.18. The first-order chi connectivity index (χ1) is 9.36. The maximum absolute atomic E-state index is 11.5. The van der Waals surface area contributed by atoms with Crippen LogP contribution >= 0.6 is 0 Å². The van der Waals surface area contributed by atoms with E-state index >= 15 is 0 Å². The molecule has 0 spiro atoms. The third kappa shape index (κ3) is 3.77. The Labute approximate surface area is 113 Å². The molecule has 0 saturated heterocycles. The molecule has 3 N–H and O–H groups in total. The summed E-state index contributed by atoms with van der Waals surface area (Å²) < 4.78 is 9.12. The number of rotatable bonds is 5. The van der Waals surface area contributed by atoms with Gasteiger partial charge in [-0.15, -0.1) is 0 Å². The lowest BCUT2D eigenvalue weighted by Crippen LogP contribution is -2.41. The van der Waals surface area contributed by atoms with E-state index in [1.54, 1.807) is 0 Å². The van der Waals surface area contributed by atoms with Gasteiger partial charge in [-0.1, -0.05) is 0 Å². The van der Waals surface area contributed by atoms with Crippen molar-refractivity contribution in [3.8, 4) is 5.75 Å². The van der Waals surface area contributed by atoms with Crippen molar-refractivity contribution in [1.29, 1.82) is 0 Å². The van der Waals surface area contributed by atoms with Gasteiger partial charge in [-0.05, 0) is 24.3 Å². The van der Waals surface area contributed by atoms with Gasteiger partial charge in [0.15, 0.2) is 12.2 Å². The zero-order valence-corrected chi connectivity index (χ0v) is 10.3. The number of carbonyl (C=O) groups is 3. The van der Waals surface area contributed by atoms with E-state index in [-0.39, 0.29) is 5.56 Å². The molecule has 0 amide bonds. The highest BCUT2D eigenvalue weighted by Crippen LogP contribution is 2.12. The van der Waals surface area contributed by atoms with E-state index < -0.39 is 30.1 Å². The Balaban J connectivity index is 2.69. The van der Waals surface area contributed by atoms with Crippen LogP contribution < -0.4 is 4.74 Å². The molecule has 0 aliphatic carbocycles. The van der Waals surface area contributed by atoms with Gasteiger partial charge in [-0.25, -0.2) is 14.4 Å². The SMILES string of the molecule is COc1ccc(C(=O)OC(=O)[C@@H](O)[C@H](O)C(=O)O)cc1. The number of benzene rings is 1. The molecule has 0 aromatic heterocycles. The highest BCUT2D eigenvalue weighted by atomic mass is 16.6. The third-order valence-electron chi connectivity index (χ3n) is 2.31. The summed E-state index contributed by atoms with van der Waals surface area (Å²) in [7, 11) is 1.43. The van der Waals surface area contributed by atoms with Crippen LogP contribution in [0.5, 0.6) is 5.75 Å². The average Bonchev–Trinajstić information content (AvgIpc) is 2.45. The molecule has 8 nitrogen and oxygen atoms in total. The molecule has 2 atom stereocenters. The molecule has 0 saturated carbocycles. The molecule has 108 valence electrons. The Hall–Kier alpha value is -2.45. The molecule has 0 fully saturated rings. The predicted molar refractivity (Wildman–Crippen MR) is 63.1 cm³/mol. The van der Waals surface area contributed by atoms with E-state index in [0.29, 0.717) is 5.75 Å². The van der Waals surface area contributed by atoms with E-state index in [0.717, 1.165) is 0 Å². The topological polar surface area (TPSA) is 130 Å². The molecule has 0 radical (unpaired) electrons. The summed E-state index contributed by atoms with van der Waals surface area (Å²) in [6.07, 6.45) is -4.72. The summed E-state index contributed by atoms with van der Waals surface area (Å²) in [5.74, 6) is -3.98. The van der Waals surface area contributed by atoms with Crippen molar-refractivity contribution < 1.29 is 39.2 Å². The van der Waals surface area contributed by atoms with Crippen molar-refractivity contribution in [1.82, 2.24) is 0 Å². The number of esters is 2. The van der Waals surface area contributed by atoms with E-state index in [9.17, 15) is 14.4 Å². The second-order valence-corrected chi connectivity index (χ2v) is 3.66. The van der Waals surface area contributed by atoms with Gasteiger partial charge in [0.05, 0.1) is 12.7 Å². The number of carboxylic acid groups (broad SMARTS) is 1. The fraction of sp³-hybridized carbons (Fsp3) is 0.250. The van der Waals surface area contributed by atoms with E-state index in [1.807, 2.05) is 0 Å².